The molecule has 1 spiro atoms. The molecule has 1 atom stereocenters. The van der Waals surface area contributed by atoms with Crippen LogP contribution in [0.1, 0.15) is 41.5 Å². The number of piperidine rings is 1. The van der Waals surface area contributed by atoms with Crippen molar-refractivity contribution < 1.29 is 14.4 Å². The highest BCUT2D eigenvalue weighted by molar-refractivity contribution is 14.1. The number of carbonyl (C=O) groups is 3. The fraction of sp³-hybridized carbons (Fsp3) is 0.385. The Hall–Kier alpha value is -3.95. The number of carbonyl (C=O) groups excluding carboxylic acids is 3. The lowest BCUT2D eigenvalue weighted by Gasteiger charge is -2.39. The summed E-state index contributed by atoms with van der Waals surface area (Å²) in [5, 5.41) is 10.4. The second-order valence-corrected chi connectivity index (χ2v) is 10.9. The van der Waals surface area contributed by atoms with Crippen LogP contribution in [-0.4, -0.2) is 74.7 Å². The van der Waals surface area contributed by atoms with Crippen molar-refractivity contribution in [1.82, 2.24) is 35.8 Å². The summed E-state index contributed by atoms with van der Waals surface area (Å²) in [6.07, 6.45) is 3.56. The number of hydrogen-bond donors (Lipinski definition) is 6. The molecular weight excluding hydrogens is 627 g/mol. The molecule has 4 heterocycles. The summed E-state index contributed by atoms with van der Waals surface area (Å²) in [6, 6.07) is 7.21. The van der Waals surface area contributed by atoms with Crippen molar-refractivity contribution in [2.45, 2.75) is 42.2 Å². The van der Waals surface area contributed by atoms with E-state index >= 15 is 0 Å². The van der Waals surface area contributed by atoms with Crippen molar-refractivity contribution in [3.05, 3.63) is 47.4 Å². The van der Waals surface area contributed by atoms with E-state index in [1.807, 2.05) is 30.5 Å². The van der Waals surface area contributed by atoms with E-state index in [0.717, 1.165) is 16.5 Å². The third kappa shape index (κ3) is 5.66. The normalized spacial score (nSPS) is 17.9. The smallest absolute Gasteiger partial charge is 0.302 e. The lowest BCUT2D eigenvalue weighted by molar-refractivity contribution is -0.137. The number of likely N-dealkylation sites (tertiary alicyclic amines) is 1. The average molecular weight is 659 g/mol. The number of aliphatic imine (C=N–C) groups is 1. The average Bonchev–Trinajstić information content (AvgIpc) is 3.52. The zero-order valence-corrected chi connectivity index (χ0v) is 24.1. The maximum atomic E-state index is 13.5. The number of anilines is 2. The Morgan fingerprint density at radius 2 is 1.93 bits per heavy atom. The molecule has 2 saturated heterocycles. The first-order chi connectivity index (χ1) is 19.2. The van der Waals surface area contributed by atoms with Crippen LogP contribution in [0.15, 0.2) is 35.5 Å². The number of nitrogens with two attached hydrogens (primary N) is 2. The zero-order chi connectivity index (χ0) is 28.4. The molecule has 2 fully saturated rings. The predicted molar refractivity (Wildman–Crippen MR) is 160 cm³/mol. The van der Waals surface area contributed by atoms with Gasteiger partial charge in [0.1, 0.15) is 11.9 Å². The number of aromatic nitrogens is 3. The summed E-state index contributed by atoms with van der Waals surface area (Å²) in [4.78, 5) is 55.7. The van der Waals surface area contributed by atoms with Gasteiger partial charge in [0, 0.05) is 54.5 Å². The number of alkyl halides is 1. The van der Waals surface area contributed by atoms with Crippen LogP contribution < -0.4 is 27.4 Å². The molecule has 0 saturated carbocycles. The van der Waals surface area contributed by atoms with Gasteiger partial charge in [-0.05, 0) is 24.5 Å². The molecule has 0 bridgehead atoms. The van der Waals surface area contributed by atoms with Crippen molar-refractivity contribution in [2.75, 3.05) is 31.1 Å². The molecule has 1 aromatic carbocycles. The number of nitrogens with one attached hydrogen (secondary N) is 4. The Labute approximate surface area is 244 Å². The van der Waals surface area contributed by atoms with Crippen molar-refractivity contribution in [2.24, 2.45) is 4.99 Å². The van der Waals surface area contributed by atoms with Gasteiger partial charge in [-0.25, -0.2) is 9.97 Å². The van der Waals surface area contributed by atoms with E-state index in [4.69, 9.17) is 11.5 Å². The molecule has 14 heteroatoms. The molecule has 40 heavy (non-hydrogen) atoms. The van der Waals surface area contributed by atoms with Crippen LogP contribution in [0.2, 0.25) is 0 Å². The number of halogens is 1. The Balaban J connectivity index is 1.23. The van der Waals surface area contributed by atoms with Crippen LogP contribution in [0, 0.1) is 0 Å². The number of nitrogens with zero attached hydrogens (tertiary/aromatic N) is 4. The molecule has 210 valence electrons. The molecule has 0 radical (unpaired) electrons. The standard InChI is InChI=1S/C26H31IN10O3/c1-14(38)32-18(10-15-12-30-17-5-3-2-4-16(15)17)24(40)37-8-6-26(7-9-37)13-31-25(36-26)35-23(39)20-22(29)34-21(28)19(11-27)33-20/h2-5,12,18,30H,6-11,13H2,1H3,(H,32,38)(H4,28,29,34)(H2,31,35,36,39)/t18-/m1/s1. The Kier molecular flexibility index (Phi) is 7.78. The number of hydrogen-bond acceptors (Lipinski definition) is 7. The summed E-state index contributed by atoms with van der Waals surface area (Å²) in [5.74, 6) is -0.540. The number of aromatic amines is 1. The van der Waals surface area contributed by atoms with Crippen molar-refractivity contribution in [3.8, 4) is 0 Å². The van der Waals surface area contributed by atoms with E-state index in [-0.39, 0.29) is 34.7 Å². The van der Waals surface area contributed by atoms with E-state index in [9.17, 15) is 14.4 Å². The van der Waals surface area contributed by atoms with E-state index in [0.29, 0.717) is 55.0 Å². The summed E-state index contributed by atoms with van der Waals surface area (Å²) < 4.78 is 0.479. The number of guanidine groups is 1. The largest absolute Gasteiger partial charge is 0.382 e. The third-order valence-corrected chi connectivity index (χ3v) is 8.08. The Morgan fingerprint density at radius 3 is 2.65 bits per heavy atom. The highest BCUT2D eigenvalue weighted by Crippen LogP contribution is 2.26. The van der Waals surface area contributed by atoms with Gasteiger partial charge >= 0.3 is 5.91 Å². The zero-order valence-electron chi connectivity index (χ0n) is 22.0. The maximum Gasteiger partial charge on any atom is 0.302 e. The van der Waals surface area contributed by atoms with Crippen LogP contribution in [-0.2, 0) is 20.4 Å². The molecular formula is C26H31IN10O3. The van der Waals surface area contributed by atoms with Crippen LogP contribution in [0.25, 0.3) is 10.9 Å². The van der Waals surface area contributed by atoms with E-state index in [1.165, 1.54) is 6.92 Å². The summed E-state index contributed by atoms with van der Waals surface area (Å²) in [5.41, 5.74) is 13.7. The van der Waals surface area contributed by atoms with Crippen LogP contribution in [0.3, 0.4) is 0 Å². The van der Waals surface area contributed by atoms with Crippen molar-refractivity contribution >= 4 is 68.8 Å². The minimum atomic E-state index is -0.672. The molecule has 0 aliphatic carbocycles. The number of rotatable bonds is 6. The summed E-state index contributed by atoms with van der Waals surface area (Å²) in [6.45, 7) is 2.96. The SMILES string of the molecule is CC(=O)N[C@H](Cc1c[nH]c2ccccc12)C(=O)N1CCC2(CC1)CN/C(=N\C(=O)c1nc(CI)c(N)nc1N)N2. The molecule has 13 nitrogen and oxygen atoms in total. The molecule has 5 rings (SSSR count). The topological polar surface area (TPSA) is 197 Å². The summed E-state index contributed by atoms with van der Waals surface area (Å²) >= 11 is 2.08. The Bertz CT molecular complexity index is 1500. The first-order valence-electron chi connectivity index (χ1n) is 12.9. The van der Waals surface area contributed by atoms with Gasteiger partial charge in [-0.3, -0.25) is 14.4 Å². The fourth-order valence-electron chi connectivity index (χ4n) is 5.21. The first kappa shape index (κ1) is 27.6. The second kappa shape index (κ2) is 11.3. The molecule has 8 N–H and O–H groups in total. The second-order valence-electron chi connectivity index (χ2n) is 10.1. The first-order valence-corrected chi connectivity index (χ1v) is 14.4. The molecule has 2 aliphatic heterocycles. The van der Waals surface area contributed by atoms with Gasteiger partial charge in [0.2, 0.25) is 11.8 Å². The van der Waals surface area contributed by atoms with E-state index in [1.54, 1.807) is 4.90 Å². The molecule has 3 amide bonds. The van der Waals surface area contributed by atoms with Gasteiger partial charge in [0.15, 0.2) is 17.5 Å². The predicted octanol–water partition coefficient (Wildman–Crippen LogP) is 0.855. The number of nitrogen functional groups attached to an aromatic ring is 2. The number of benzene rings is 1. The highest BCUT2D eigenvalue weighted by atomic mass is 127. The molecule has 2 aromatic heterocycles. The fourth-order valence-corrected chi connectivity index (χ4v) is 5.77. The number of H-pyrrole nitrogens is 1. The molecule has 0 unspecified atom stereocenters. The number of fused-ring (bicyclic) bond motifs is 1. The molecule has 3 aromatic rings. The summed E-state index contributed by atoms with van der Waals surface area (Å²) in [7, 11) is 0. The van der Waals surface area contributed by atoms with Crippen LogP contribution >= 0.6 is 22.6 Å². The lowest BCUT2D eigenvalue weighted by Crippen LogP contribution is -2.57. The van der Waals surface area contributed by atoms with Crippen LogP contribution in [0.4, 0.5) is 11.6 Å². The Morgan fingerprint density at radius 1 is 1.18 bits per heavy atom. The van der Waals surface area contributed by atoms with Gasteiger partial charge < -0.3 is 37.3 Å². The number of para-hydroxylation sites is 1. The monoisotopic (exact) mass is 658 g/mol. The van der Waals surface area contributed by atoms with Gasteiger partial charge in [-0.1, -0.05) is 40.8 Å². The quantitative estimate of drug-likeness (QED) is 0.164. The number of amides is 3. The molecule has 2 aliphatic rings. The minimum absolute atomic E-state index is 0.0439. The van der Waals surface area contributed by atoms with Crippen molar-refractivity contribution in [3.63, 3.8) is 0 Å². The lowest BCUT2D eigenvalue weighted by atomic mass is 9.88. The van der Waals surface area contributed by atoms with Gasteiger partial charge in [0.25, 0.3) is 0 Å². The third-order valence-electron chi connectivity index (χ3n) is 7.35. The van der Waals surface area contributed by atoms with Crippen LogP contribution in [0.5, 0.6) is 0 Å². The van der Waals surface area contributed by atoms with E-state index in [2.05, 4.69) is 58.5 Å². The minimum Gasteiger partial charge on any atom is -0.382 e. The maximum absolute atomic E-state index is 13.5. The highest BCUT2D eigenvalue weighted by Gasteiger charge is 2.41. The van der Waals surface area contributed by atoms with E-state index < -0.39 is 11.9 Å². The van der Waals surface area contributed by atoms with Gasteiger partial charge in [-0.15, -0.1) is 0 Å². The van der Waals surface area contributed by atoms with Gasteiger partial charge in [0.05, 0.1) is 11.2 Å². The van der Waals surface area contributed by atoms with Gasteiger partial charge in [-0.2, -0.15) is 4.99 Å². The van der Waals surface area contributed by atoms with Crippen molar-refractivity contribution in [1.29, 1.82) is 0 Å².